The molecule has 0 bridgehead atoms. The Bertz CT molecular complexity index is 282. The van der Waals surface area contributed by atoms with Gasteiger partial charge in [0, 0.05) is 5.02 Å². The first kappa shape index (κ1) is 17.0. The number of hydrogen-bond acceptors (Lipinski definition) is 1. The van der Waals surface area contributed by atoms with Gasteiger partial charge in [0.05, 0.1) is 0 Å². The molecule has 0 radical (unpaired) electrons. The van der Waals surface area contributed by atoms with Gasteiger partial charge in [-0.1, -0.05) is 37.2 Å². The maximum absolute atomic E-state index is 12.8. The molecule has 0 spiro atoms. The average Bonchev–Trinajstić information content (AvgIpc) is 2.14. The Balaban J connectivity index is 0. The zero-order valence-electron chi connectivity index (χ0n) is 8.59. The summed E-state index contributed by atoms with van der Waals surface area (Å²) in [6, 6.07) is 4.15. The van der Waals surface area contributed by atoms with Crippen molar-refractivity contribution in [2.75, 3.05) is 0 Å². The Morgan fingerprint density at radius 2 is 2.00 bits per heavy atom. The van der Waals surface area contributed by atoms with Crippen LogP contribution in [0.4, 0.5) is 10.1 Å². The molecular weight excluding hydrogens is 230 g/mol. The second kappa shape index (κ2) is 10.1. The molecule has 0 heterocycles. The predicted molar refractivity (Wildman–Crippen MR) is 55.3 cm³/mol. The largest absolute Gasteiger partial charge is 1.00 e. The summed E-state index contributed by atoms with van der Waals surface area (Å²) in [6.07, 6.45) is 0. The fourth-order valence-electron chi connectivity index (χ4n) is 0.639. The van der Waals surface area contributed by atoms with Crippen LogP contribution < -0.4 is 51.4 Å². The van der Waals surface area contributed by atoms with Gasteiger partial charge in [0.2, 0.25) is 0 Å². The van der Waals surface area contributed by atoms with Crippen molar-refractivity contribution in [2.45, 2.75) is 13.8 Å². The van der Waals surface area contributed by atoms with E-state index in [1.165, 1.54) is 18.2 Å². The number of halogens is 2. The zero-order valence-corrected chi connectivity index (χ0v) is 12.5. The molecule has 0 fully saturated rings. The van der Waals surface area contributed by atoms with Crippen LogP contribution in [0, 0.1) is 5.82 Å². The monoisotopic (exact) mass is 240 g/mol. The molecule has 0 aliphatic rings. The van der Waals surface area contributed by atoms with Gasteiger partial charge < -0.3 is 10.5 Å². The minimum Gasteiger partial charge on any atom is -0.574 e. The van der Waals surface area contributed by atoms with Crippen molar-refractivity contribution in [3.8, 4) is 0 Å². The number of benzene rings is 1. The molecule has 0 N–H and O–H groups in total. The summed E-state index contributed by atoms with van der Waals surface area (Å²) in [6.45, 7) is 7.10. The molecule has 0 saturated carbocycles. The topological polar surface area (TPSA) is 26.5 Å². The molecule has 2 nitrogen and oxygen atoms in total. The van der Waals surface area contributed by atoms with Gasteiger partial charge in [0.25, 0.3) is 0 Å². The molecule has 0 atom stereocenters. The summed E-state index contributed by atoms with van der Waals surface area (Å²) in [7, 11) is 0. The summed E-state index contributed by atoms with van der Waals surface area (Å²) >= 11 is 5.49. The fraction of sp³-hybridized carbons (Fsp3) is 0.222. The Hall–Kier alpha value is 0.546. The third-order valence-corrected chi connectivity index (χ3v) is 1.32. The van der Waals surface area contributed by atoms with Crippen LogP contribution in [0.15, 0.2) is 23.3 Å². The van der Waals surface area contributed by atoms with Crippen molar-refractivity contribution < 1.29 is 55.8 Å². The Kier molecular flexibility index (Phi) is 12.2. The molecular formula is C9H11ClFKN2. The minimum absolute atomic E-state index is 0. The molecule has 14 heavy (non-hydrogen) atoms. The van der Waals surface area contributed by atoms with Crippen LogP contribution in [-0.2, 0) is 0 Å². The maximum Gasteiger partial charge on any atom is 1.00 e. The van der Waals surface area contributed by atoms with E-state index in [4.69, 9.17) is 11.6 Å². The molecule has 72 valence electrons. The third-order valence-electron chi connectivity index (χ3n) is 1.09. The molecule has 5 heteroatoms. The minimum atomic E-state index is -0.495. The summed E-state index contributed by atoms with van der Waals surface area (Å²) in [4.78, 5) is 0. The number of nitrogens with zero attached hydrogens (tertiary/aromatic N) is 2. The molecule has 0 amide bonds. The Morgan fingerprint density at radius 1 is 1.43 bits per heavy atom. The van der Waals surface area contributed by atoms with Gasteiger partial charge in [-0.15, -0.1) is 0 Å². The van der Waals surface area contributed by atoms with Crippen molar-refractivity contribution in [1.82, 2.24) is 0 Å². The van der Waals surface area contributed by atoms with Crippen molar-refractivity contribution in [3.63, 3.8) is 0 Å². The Morgan fingerprint density at radius 3 is 2.43 bits per heavy atom. The van der Waals surface area contributed by atoms with Gasteiger partial charge in [-0.3, -0.25) is 0 Å². The van der Waals surface area contributed by atoms with Crippen LogP contribution in [0.25, 0.3) is 5.43 Å². The van der Waals surface area contributed by atoms with Crippen LogP contribution in [0.5, 0.6) is 0 Å². The first-order valence-electron chi connectivity index (χ1n) is 3.86. The van der Waals surface area contributed by atoms with Gasteiger partial charge >= 0.3 is 51.4 Å². The van der Waals surface area contributed by atoms with Crippen LogP contribution >= 0.6 is 11.6 Å². The van der Waals surface area contributed by atoms with Crippen molar-refractivity contribution in [3.05, 3.63) is 34.5 Å². The quantitative estimate of drug-likeness (QED) is 0.421. The molecule has 0 aromatic heterocycles. The van der Waals surface area contributed by atoms with Crippen molar-refractivity contribution in [1.29, 1.82) is 0 Å². The summed E-state index contributed by atoms with van der Waals surface area (Å²) in [5, 5.41) is 3.53. The smallest absolute Gasteiger partial charge is 0.574 e. The van der Waals surface area contributed by atoms with Crippen molar-refractivity contribution in [2.24, 2.45) is 5.10 Å². The predicted octanol–water partition coefficient (Wildman–Crippen LogP) is 1.13. The van der Waals surface area contributed by atoms with Gasteiger partial charge in [-0.2, -0.15) is 0 Å². The number of hydrogen-bond donors (Lipinski definition) is 0. The SMILES string of the molecule is C=N[N-]c1ccc(Cl)cc1F.CC.[K+]. The average molecular weight is 241 g/mol. The molecule has 1 rings (SSSR count). The molecule has 0 aliphatic heterocycles. The molecule has 0 unspecified atom stereocenters. The number of rotatable bonds is 2. The first-order chi connectivity index (χ1) is 6.24. The summed E-state index contributed by atoms with van der Waals surface area (Å²) in [5.41, 5.74) is 3.57. The van der Waals surface area contributed by atoms with E-state index in [0.717, 1.165) is 0 Å². The van der Waals surface area contributed by atoms with Crippen LogP contribution in [0.3, 0.4) is 0 Å². The summed E-state index contributed by atoms with van der Waals surface area (Å²) < 4.78 is 12.8. The van der Waals surface area contributed by atoms with E-state index in [1.54, 1.807) is 0 Å². The second-order valence-corrected chi connectivity index (χ2v) is 2.27. The third kappa shape index (κ3) is 6.11. The van der Waals surface area contributed by atoms with Gasteiger partial charge in [0.1, 0.15) is 5.82 Å². The summed E-state index contributed by atoms with van der Waals surface area (Å²) in [5.74, 6) is -0.495. The van der Waals surface area contributed by atoms with Gasteiger partial charge in [-0.25, -0.2) is 4.39 Å². The van der Waals surface area contributed by atoms with Gasteiger partial charge in [0.15, 0.2) is 0 Å². The Labute approximate surface area is 131 Å². The molecule has 0 saturated heterocycles. The standard InChI is InChI=1S/C7H5ClFN2.C2H6.K/c1-10-11-7-3-2-5(8)4-6(7)9;1-2;/h2-4H,1H2;1-2H3;/q-1;;+1. The van der Waals surface area contributed by atoms with Crippen LogP contribution in [-0.4, -0.2) is 6.72 Å². The van der Waals surface area contributed by atoms with E-state index < -0.39 is 5.82 Å². The molecule has 1 aromatic carbocycles. The van der Waals surface area contributed by atoms with E-state index in [1.807, 2.05) is 13.8 Å². The van der Waals surface area contributed by atoms with Crippen LogP contribution in [0.1, 0.15) is 13.8 Å². The van der Waals surface area contributed by atoms with E-state index >= 15 is 0 Å². The second-order valence-electron chi connectivity index (χ2n) is 1.84. The van der Waals surface area contributed by atoms with Crippen molar-refractivity contribution >= 4 is 24.0 Å². The van der Waals surface area contributed by atoms with Crippen LogP contribution in [0.2, 0.25) is 5.02 Å². The zero-order chi connectivity index (χ0) is 10.3. The van der Waals surface area contributed by atoms with E-state index in [0.29, 0.717) is 5.02 Å². The fourth-order valence-corrected chi connectivity index (χ4v) is 0.797. The van der Waals surface area contributed by atoms with Gasteiger partial charge in [-0.05, 0) is 18.9 Å². The van der Waals surface area contributed by atoms with E-state index in [2.05, 4.69) is 17.2 Å². The first-order valence-corrected chi connectivity index (χ1v) is 4.23. The maximum atomic E-state index is 12.8. The van der Waals surface area contributed by atoms with E-state index in [9.17, 15) is 4.39 Å². The molecule has 1 aromatic rings. The molecule has 0 aliphatic carbocycles. The normalized spacial score (nSPS) is 7.71. The van der Waals surface area contributed by atoms with E-state index in [-0.39, 0.29) is 57.1 Å².